The molecule has 2 rings (SSSR count). The highest BCUT2D eigenvalue weighted by atomic mass is 19.4. The number of nitrogens with zero attached hydrogens (tertiary/aromatic N) is 1. The quantitative estimate of drug-likeness (QED) is 0.774. The van der Waals surface area contributed by atoms with Gasteiger partial charge >= 0.3 is 12.1 Å². The Labute approximate surface area is 115 Å². The molecule has 110 valence electrons. The molecule has 0 radical (unpaired) electrons. The largest absolute Gasteiger partial charge is 0.459 e. The number of hydrogen-bond acceptors (Lipinski definition) is 3. The number of ether oxygens (including phenoxy) is 1. The first-order chi connectivity index (χ1) is 9.38. The highest BCUT2D eigenvalue weighted by Crippen LogP contribution is 2.28. The van der Waals surface area contributed by atoms with E-state index in [1.54, 1.807) is 0 Å². The maximum Gasteiger partial charge on any atom is 0.433 e. The summed E-state index contributed by atoms with van der Waals surface area (Å²) >= 11 is 0. The smallest absolute Gasteiger partial charge is 0.433 e. The fraction of sp³-hybridized carbons (Fsp3) is 0.571. The monoisotopic (exact) mass is 287 g/mol. The van der Waals surface area contributed by atoms with Gasteiger partial charge in [-0.25, -0.2) is 9.78 Å². The first-order valence-corrected chi connectivity index (χ1v) is 6.64. The molecule has 1 aromatic rings. The average Bonchev–Trinajstić information content (AvgIpc) is 2.38. The molecule has 0 aliphatic heterocycles. The van der Waals surface area contributed by atoms with Crippen LogP contribution in [0.5, 0.6) is 0 Å². The summed E-state index contributed by atoms with van der Waals surface area (Å²) in [5, 5.41) is 0. The van der Waals surface area contributed by atoms with Crippen LogP contribution in [0.4, 0.5) is 13.2 Å². The Bertz CT molecular complexity index is 494. The molecule has 0 aromatic carbocycles. The topological polar surface area (TPSA) is 39.2 Å². The van der Waals surface area contributed by atoms with E-state index in [4.69, 9.17) is 4.74 Å². The second-order valence-electron chi connectivity index (χ2n) is 4.99. The van der Waals surface area contributed by atoms with Crippen molar-refractivity contribution in [1.29, 1.82) is 0 Å². The van der Waals surface area contributed by atoms with Crippen LogP contribution in [0.3, 0.4) is 0 Å². The number of aromatic nitrogens is 1. The van der Waals surface area contributed by atoms with Crippen molar-refractivity contribution >= 4 is 5.97 Å². The van der Waals surface area contributed by atoms with E-state index < -0.39 is 17.8 Å². The number of halogens is 3. The van der Waals surface area contributed by atoms with Crippen molar-refractivity contribution in [2.45, 2.75) is 51.3 Å². The van der Waals surface area contributed by atoms with Crippen LogP contribution < -0.4 is 0 Å². The number of aryl methyl sites for hydroxylation is 1. The van der Waals surface area contributed by atoms with Crippen molar-refractivity contribution in [1.82, 2.24) is 4.98 Å². The third kappa shape index (κ3) is 3.49. The fourth-order valence-electron chi connectivity index (χ4n) is 2.33. The number of alkyl halides is 3. The molecule has 0 atom stereocenters. The molecule has 1 heterocycles. The Balaban J connectivity index is 2.10. The van der Waals surface area contributed by atoms with Crippen molar-refractivity contribution in [2.24, 2.45) is 0 Å². The molecule has 3 nitrogen and oxygen atoms in total. The number of esters is 1. The summed E-state index contributed by atoms with van der Waals surface area (Å²) in [4.78, 5) is 15.4. The van der Waals surface area contributed by atoms with Gasteiger partial charge in [-0.3, -0.25) is 0 Å². The number of carbonyl (C=O) groups excluding carboxylic acids is 1. The van der Waals surface area contributed by atoms with Gasteiger partial charge in [0, 0.05) is 0 Å². The Kier molecular flexibility index (Phi) is 4.30. The average molecular weight is 287 g/mol. The summed E-state index contributed by atoms with van der Waals surface area (Å²) in [6, 6.07) is 1.95. The molecule has 1 saturated carbocycles. The van der Waals surface area contributed by atoms with E-state index in [1.165, 1.54) is 6.92 Å². The second-order valence-corrected chi connectivity index (χ2v) is 4.99. The van der Waals surface area contributed by atoms with Gasteiger partial charge in [0.1, 0.15) is 11.8 Å². The zero-order chi connectivity index (χ0) is 14.8. The minimum atomic E-state index is -4.50. The Morgan fingerprint density at radius 2 is 1.90 bits per heavy atom. The van der Waals surface area contributed by atoms with Gasteiger partial charge in [-0.1, -0.05) is 6.42 Å². The Morgan fingerprint density at radius 3 is 2.45 bits per heavy atom. The number of rotatable bonds is 2. The minimum Gasteiger partial charge on any atom is -0.459 e. The van der Waals surface area contributed by atoms with E-state index in [0.29, 0.717) is 0 Å². The molecule has 1 aliphatic carbocycles. The predicted octanol–water partition coefficient (Wildman–Crippen LogP) is 3.90. The Morgan fingerprint density at radius 1 is 1.25 bits per heavy atom. The van der Waals surface area contributed by atoms with Gasteiger partial charge in [0.2, 0.25) is 0 Å². The van der Waals surface area contributed by atoms with Crippen molar-refractivity contribution in [3.8, 4) is 0 Å². The van der Waals surface area contributed by atoms with Crippen LogP contribution in [0.15, 0.2) is 12.1 Å². The third-order valence-corrected chi connectivity index (χ3v) is 3.42. The van der Waals surface area contributed by atoms with E-state index in [2.05, 4.69) is 4.98 Å². The summed E-state index contributed by atoms with van der Waals surface area (Å²) in [6.45, 7) is 1.38. The van der Waals surface area contributed by atoms with Gasteiger partial charge < -0.3 is 4.74 Å². The van der Waals surface area contributed by atoms with Gasteiger partial charge in [0.15, 0.2) is 0 Å². The highest BCUT2D eigenvalue weighted by Gasteiger charge is 2.33. The fourth-order valence-corrected chi connectivity index (χ4v) is 2.33. The van der Waals surface area contributed by atoms with E-state index >= 15 is 0 Å². The van der Waals surface area contributed by atoms with Crippen LogP contribution in [0.2, 0.25) is 0 Å². The van der Waals surface area contributed by atoms with Crippen LogP contribution in [0.25, 0.3) is 0 Å². The molecule has 0 spiro atoms. The van der Waals surface area contributed by atoms with Gasteiger partial charge in [-0.15, -0.1) is 0 Å². The van der Waals surface area contributed by atoms with E-state index in [9.17, 15) is 18.0 Å². The number of pyridine rings is 1. The molecular weight excluding hydrogens is 271 g/mol. The van der Waals surface area contributed by atoms with Gasteiger partial charge in [0.25, 0.3) is 0 Å². The number of carbonyl (C=O) groups is 1. The molecule has 1 aromatic heterocycles. The van der Waals surface area contributed by atoms with Crippen LogP contribution in [0.1, 0.15) is 53.8 Å². The summed E-state index contributed by atoms with van der Waals surface area (Å²) in [7, 11) is 0. The maximum absolute atomic E-state index is 12.5. The highest BCUT2D eigenvalue weighted by molar-refractivity contribution is 5.90. The van der Waals surface area contributed by atoms with Crippen LogP contribution in [-0.2, 0) is 10.9 Å². The van der Waals surface area contributed by atoms with E-state index in [1.807, 2.05) is 0 Å². The van der Waals surface area contributed by atoms with Crippen molar-refractivity contribution in [2.75, 3.05) is 0 Å². The van der Waals surface area contributed by atoms with Crippen LogP contribution >= 0.6 is 0 Å². The summed E-state index contributed by atoms with van der Waals surface area (Å²) < 4.78 is 42.8. The Hall–Kier alpha value is -1.59. The lowest BCUT2D eigenvalue weighted by atomic mass is 9.98. The molecule has 0 amide bonds. The first kappa shape index (κ1) is 14.8. The van der Waals surface area contributed by atoms with Crippen molar-refractivity contribution in [3.05, 3.63) is 29.1 Å². The molecule has 20 heavy (non-hydrogen) atoms. The van der Waals surface area contributed by atoms with Crippen LogP contribution in [0, 0.1) is 6.92 Å². The standard InChI is InChI=1S/C14H16F3NO2/c1-9-11(7-8-12(18-9)14(15,16)17)13(19)20-10-5-3-2-4-6-10/h7-8,10H,2-6H2,1H3. The zero-order valence-electron chi connectivity index (χ0n) is 11.2. The van der Waals surface area contributed by atoms with Gasteiger partial charge in [-0.05, 0) is 44.7 Å². The van der Waals surface area contributed by atoms with Crippen molar-refractivity contribution in [3.63, 3.8) is 0 Å². The lowest BCUT2D eigenvalue weighted by molar-refractivity contribution is -0.141. The summed E-state index contributed by atoms with van der Waals surface area (Å²) in [6.07, 6.45) is 0.172. The van der Waals surface area contributed by atoms with E-state index in [-0.39, 0.29) is 17.4 Å². The maximum atomic E-state index is 12.5. The second kappa shape index (κ2) is 5.81. The van der Waals surface area contributed by atoms with Crippen LogP contribution in [-0.4, -0.2) is 17.1 Å². The van der Waals surface area contributed by atoms with Crippen molar-refractivity contribution < 1.29 is 22.7 Å². The normalized spacial score (nSPS) is 17.0. The predicted molar refractivity (Wildman–Crippen MR) is 66.3 cm³/mol. The first-order valence-electron chi connectivity index (χ1n) is 6.64. The van der Waals surface area contributed by atoms with Gasteiger partial charge in [0.05, 0.1) is 11.3 Å². The SMILES string of the molecule is Cc1nc(C(F)(F)F)ccc1C(=O)OC1CCCCC1. The molecule has 1 fully saturated rings. The molecule has 0 unspecified atom stereocenters. The number of hydrogen-bond donors (Lipinski definition) is 0. The lowest BCUT2D eigenvalue weighted by Gasteiger charge is -2.22. The third-order valence-electron chi connectivity index (χ3n) is 3.42. The molecule has 6 heteroatoms. The van der Waals surface area contributed by atoms with Gasteiger partial charge in [-0.2, -0.15) is 13.2 Å². The molecule has 0 saturated heterocycles. The summed E-state index contributed by atoms with van der Waals surface area (Å²) in [5.41, 5.74) is -0.853. The zero-order valence-corrected chi connectivity index (χ0v) is 11.2. The molecule has 0 bridgehead atoms. The minimum absolute atomic E-state index is 0.0423. The molecule has 1 aliphatic rings. The van der Waals surface area contributed by atoms with E-state index in [0.717, 1.165) is 44.2 Å². The lowest BCUT2D eigenvalue weighted by Crippen LogP contribution is -2.22. The molecule has 0 N–H and O–H groups in total. The summed E-state index contributed by atoms with van der Waals surface area (Å²) in [5.74, 6) is -0.587. The molecular formula is C14H16F3NO2.